The van der Waals surface area contributed by atoms with Crippen molar-refractivity contribution >= 4 is 27.9 Å². The van der Waals surface area contributed by atoms with Gasteiger partial charge in [0.25, 0.3) is 5.91 Å². The monoisotopic (exact) mass is 692 g/mol. The molecule has 48 heavy (non-hydrogen) atoms. The molecule has 10 atom stereocenters. The Balaban J connectivity index is 1.75. The van der Waals surface area contributed by atoms with Crippen molar-refractivity contribution in [3.63, 3.8) is 0 Å². The van der Waals surface area contributed by atoms with E-state index in [0.29, 0.717) is 43.3 Å². The highest BCUT2D eigenvalue weighted by Crippen LogP contribution is 2.74. The summed E-state index contributed by atoms with van der Waals surface area (Å²) in [5.41, 5.74) is 3.61. The van der Waals surface area contributed by atoms with Crippen molar-refractivity contribution in [2.24, 2.45) is 39.9 Å². The first-order chi connectivity index (χ1) is 22.3. The third-order valence-electron chi connectivity index (χ3n) is 12.9. The number of fused-ring (bicyclic) bond motifs is 5. The summed E-state index contributed by atoms with van der Waals surface area (Å²) in [4.78, 5) is 41.1. The minimum atomic E-state index is -3.72. The van der Waals surface area contributed by atoms with E-state index in [-0.39, 0.29) is 46.6 Å². The predicted octanol–water partition coefficient (Wildman–Crippen LogP) is 5.90. The molecule has 272 valence electrons. The first kappa shape index (κ1) is 38.6. The van der Waals surface area contributed by atoms with Crippen LogP contribution in [0.3, 0.4) is 0 Å². The third-order valence-corrected chi connectivity index (χ3v) is 13.4. The molecule has 1 amide bonds. The molecule has 10 nitrogen and oxygen atoms in total. The Kier molecular flexibility index (Phi) is 11.7. The number of aliphatic hydroxyl groups excluding tert-OH is 1. The fraction of sp³-hybridized carbons (Fsp3) is 0.811. The van der Waals surface area contributed by atoms with Crippen molar-refractivity contribution < 1.29 is 37.4 Å². The van der Waals surface area contributed by atoms with Gasteiger partial charge in [-0.2, -0.15) is 0 Å². The number of sulfonamides is 1. The number of hydrogen-bond donors (Lipinski definition) is 3. The van der Waals surface area contributed by atoms with Crippen LogP contribution in [0.1, 0.15) is 126 Å². The summed E-state index contributed by atoms with van der Waals surface area (Å²) in [7, 11) is -3.72. The molecule has 0 heterocycles. The fourth-order valence-electron chi connectivity index (χ4n) is 10.7. The summed E-state index contributed by atoms with van der Waals surface area (Å²) >= 11 is 0. The van der Waals surface area contributed by atoms with Crippen LogP contribution in [0.2, 0.25) is 0 Å². The third kappa shape index (κ3) is 7.43. The first-order valence-electron chi connectivity index (χ1n) is 18.0. The number of hydrazine groups is 1. The molecule has 3 N–H and O–H groups in total. The molecule has 0 saturated heterocycles. The molecule has 4 saturated carbocycles. The second kappa shape index (κ2) is 14.5. The van der Waals surface area contributed by atoms with Gasteiger partial charge < -0.3 is 14.6 Å². The molecule has 4 fully saturated rings. The van der Waals surface area contributed by atoms with Gasteiger partial charge in [0.15, 0.2) is 0 Å². The van der Waals surface area contributed by atoms with Crippen LogP contribution in [0.15, 0.2) is 22.8 Å². The molecule has 0 bridgehead atoms. The molecule has 4 rings (SSSR count). The molecule has 4 aliphatic rings. The molecule has 0 aromatic heterocycles. The Morgan fingerprint density at radius 2 is 1.71 bits per heavy atom. The number of hydrogen-bond acceptors (Lipinski definition) is 8. The van der Waals surface area contributed by atoms with Crippen molar-refractivity contribution in [3.8, 4) is 0 Å². The van der Waals surface area contributed by atoms with Crippen molar-refractivity contribution in [3.05, 3.63) is 22.8 Å². The van der Waals surface area contributed by atoms with Crippen LogP contribution >= 0.6 is 0 Å². The van der Waals surface area contributed by atoms with Gasteiger partial charge in [-0.1, -0.05) is 52.7 Å². The van der Waals surface area contributed by atoms with E-state index in [9.17, 15) is 27.9 Å². The summed E-state index contributed by atoms with van der Waals surface area (Å²) < 4.78 is 35.9. The van der Waals surface area contributed by atoms with Gasteiger partial charge in [-0.3, -0.25) is 19.8 Å². The van der Waals surface area contributed by atoms with Gasteiger partial charge in [0.05, 0.1) is 12.4 Å². The largest absolute Gasteiger partial charge is 0.462 e. The Morgan fingerprint density at radius 3 is 2.31 bits per heavy atom. The molecule has 4 aliphatic carbocycles. The SMILES string of the molecule is CCCCC(=O)O[C@@H]1CC[C@]2(C)C3[C@H](O)C[C@H]4/C(=C(\CCC=C(C)C)C(=O)NNS(C)(=O)=O)[C@@H](OC(C)=O)C[C@]4(C)[C@@]3(C)CC[C@H]2[C@@H]1C. The second-order valence-electron chi connectivity index (χ2n) is 16.2. The minimum absolute atomic E-state index is 0.0450. The van der Waals surface area contributed by atoms with E-state index in [1.54, 1.807) is 0 Å². The van der Waals surface area contributed by atoms with E-state index in [2.05, 4.69) is 44.9 Å². The van der Waals surface area contributed by atoms with Crippen LogP contribution in [0.4, 0.5) is 0 Å². The first-order valence-corrected chi connectivity index (χ1v) is 19.9. The Bertz CT molecular complexity index is 1420. The zero-order valence-corrected chi connectivity index (χ0v) is 31.4. The summed E-state index contributed by atoms with van der Waals surface area (Å²) in [6.07, 6.45) is 8.92. The number of carbonyl (C=O) groups excluding carboxylic acids is 3. The molecular weight excluding hydrogens is 632 g/mol. The molecule has 0 aromatic carbocycles. The van der Waals surface area contributed by atoms with E-state index in [1.807, 2.05) is 19.9 Å². The smallest absolute Gasteiger partial charge is 0.306 e. The number of amides is 1. The van der Waals surface area contributed by atoms with Crippen LogP contribution in [0.25, 0.3) is 0 Å². The summed E-state index contributed by atoms with van der Waals surface area (Å²) in [6.45, 7) is 16.5. The zero-order chi connectivity index (χ0) is 35.8. The maximum absolute atomic E-state index is 13.8. The molecular formula is C37H60N2O8S. The average molecular weight is 693 g/mol. The number of nitrogens with one attached hydrogen (secondary N) is 2. The lowest BCUT2D eigenvalue weighted by Gasteiger charge is -2.69. The van der Waals surface area contributed by atoms with Gasteiger partial charge in [0.2, 0.25) is 10.0 Å². The quantitative estimate of drug-likeness (QED) is 0.105. The molecule has 0 aliphatic heterocycles. The number of esters is 2. The normalized spacial score (nSPS) is 38.5. The van der Waals surface area contributed by atoms with E-state index >= 15 is 0 Å². The maximum atomic E-state index is 13.8. The average Bonchev–Trinajstić information content (AvgIpc) is 3.25. The lowest BCUT2D eigenvalue weighted by molar-refractivity contribution is -0.236. The lowest BCUT2D eigenvalue weighted by atomic mass is 9.36. The lowest BCUT2D eigenvalue weighted by Crippen LogP contribution is -2.65. The minimum Gasteiger partial charge on any atom is -0.462 e. The van der Waals surface area contributed by atoms with Crippen molar-refractivity contribution in [2.75, 3.05) is 6.26 Å². The van der Waals surface area contributed by atoms with Gasteiger partial charge in [-0.05, 0) is 117 Å². The molecule has 0 radical (unpaired) electrons. The van der Waals surface area contributed by atoms with Crippen LogP contribution < -0.4 is 10.3 Å². The van der Waals surface area contributed by atoms with Gasteiger partial charge in [0.1, 0.15) is 12.2 Å². The second-order valence-corrected chi connectivity index (χ2v) is 18.0. The van der Waals surface area contributed by atoms with Crippen molar-refractivity contribution in [1.82, 2.24) is 10.3 Å². The number of rotatable bonds is 11. The molecule has 1 unspecified atom stereocenters. The van der Waals surface area contributed by atoms with Crippen LogP contribution in [0, 0.1) is 39.9 Å². The number of carbonyl (C=O) groups is 3. The molecule has 11 heteroatoms. The van der Waals surface area contributed by atoms with Crippen LogP contribution in [0.5, 0.6) is 0 Å². The highest BCUT2D eigenvalue weighted by molar-refractivity contribution is 7.88. The van der Waals surface area contributed by atoms with Gasteiger partial charge in [-0.25, -0.2) is 8.42 Å². The highest BCUT2D eigenvalue weighted by Gasteiger charge is 2.71. The Hall–Kier alpha value is -2.24. The molecule has 0 spiro atoms. The van der Waals surface area contributed by atoms with E-state index in [4.69, 9.17) is 9.47 Å². The van der Waals surface area contributed by atoms with Crippen molar-refractivity contribution in [2.45, 2.75) is 144 Å². The summed E-state index contributed by atoms with van der Waals surface area (Å²) in [5, 5.41) is 12.3. The van der Waals surface area contributed by atoms with Gasteiger partial charge in [-0.15, -0.1) is 4.83 Å². The number of ether oxygens (including phenoxy) is 2. The predicted molar refractivity (Wildman–Crippen MR) is 184 cm³/mol. The Morgan fingerprint density at radius 1 is 1.02 bits per heavy atom. The standard InChI is InChI=1S/C37H60N2O8S/c1-10-11-15-31(42)47-29-17-18-35(6)26(23(29)4)16-19-36(7)33(35)28(41)20-27-32(30(46-24(5)40)21-37(27,36)8)25(14-12-13-22(2)3)34(43)38-39-48(9,44)45/h13,23,26-30,33,39,41H,10-12,14-21H2,1-9H3,(H,38,43)/b32-25-/t23-,26-,27-,28+,29+,30-,33?,35-,36-,37-/m0/s1. The number of unbranched alkanes of at least 4 members (excludes halogenated alkanes) is 1. The van der Waals surface area contributed by atoms with Gasteiger partial charge in [0, 0.05) is 18.9 Å². The zero-order valence-electron chi connectivity index (χ0n) is 30.6. The van der Waals surface area contributed by atoms with E-state index < -0.39 is 39.5 Å². The highest BCUT2D eigenvalue weighted by atomic mass is 32.2. The number of allylic oxidation sites excluding steroid dienone is 2. The number of aliphatic hydroxyl groups is 1. The maximum Gasteiger partial charge on any atom is 0.306 e. The van der Waals surface area contributed by atoms with Gasteiger partial charge >= 0.3 is 11.9 Å². The molecule has 0 aromatic rings. The Labute approximate surface area is 288 Å². The summed E-state index contributed by atoms with van der Waals surface area (Å²) in [6, 6.07) is 0. The fourth-order valence-corrected chi connectivity index (χ4v) is 11.0. The summed E-state index contributed by atoms with van der Waals surface area (Å²) in [5.74, 6) is -1.00. The van der Waals surface area contributed by atoms with Crippen molar-refractivity contribution in [1.29, 1.82) is 0 Å². The van der Waals surface area contributed by atoms with Crippen LogP contribution in [-0.4, -0.2) is 55.9 Å². The topological polar surface area (TPSA) is 148 Å². The van der Waals surface area contributed by atoms with E-state index in [0.717, 1.165) is 50.4 Å². The van der Waals surface area contributed by atoms with Crippen LogP contribution in [-0.2, 0) is 33.9 Å². The van der Waals surface area contributed by atoms with E-state index in [1.165, 1.54) is 6.92 Å².